The Labute approximate surface area is 177 Å². The van der Waals surface area contributed by atoms with Crippen LogP contribution in [0.3, 0.4) is 0 Å². The van der Waals surface area contributed by atoms with Gasteiger partial charge in [0.05, 0.1) is 32.8 Å². The van der Waals surface area contributed by atoms with Crippen molar-refractivity contribution in [2.24, 2.45) is 10.9 Å². The van der Waals surface area contributed by atoms with Crippen LogP contribution in [0.15, 0.2) is 35.5 Å². The van der Waals surface area contributed by atoms with Crippen LogP contribution in [-0.2, 0) is 30.4 Å². The maximum absolute atomic E-state index is 13.1. The Kier molecular flexibility index (Phi) is 8.19. The highest BCUT2D eigenvalue weighted by Gasteiger charge is 2.37. The minimum absolute atomic E-state index is 0.0663. The number of rotatable bonds is 7. The number of oxime groups is 1. The molecule has 3 atom stereocenters. The predicted molar refractivity (Wildman–Crippen MR) is 111 cm³/mol. The van der Waals surface area contributed by atoms with E-state index in [9.17, 15) is 9.59 Å². The van der Waals surface area contributed by atoms with Crippen molar-refractivity contribution in [2.45, 2.75) is 64.6 Å². The number of carbonyl (C=O) groups excluding carboxylic acids is 2. The summed E-state index contributed by atoms with van der Waals surface area (Å²) in [5.74, 6) is -0.222. The lowest BCUT2D eigenvalue weighted by atomic mass is 10.1. The average Bonchev–Trinajstić information content (AvgIpc) is 3.16. The maximum atomic E-state index is 13.1. The maximum Gasteiger partial charge on any atom is 0.417 e. The molecule has 0 aromatic heterocycles. The van der Waals surface area contributed by atoms with Gasteiger partial charge in [-0.3, -0.25) is 4.79 Å². The fourth-order valence-electron chi connectivity index (χ4n) is 2.68. The number of nitrogens with two attached hydrogens (primary N) is 1. The molecule has 166 valence electrons. The molecule has 0 fully saturated rings. The van der Waals surface area contributed by atoms with Gasteiger partial charge < -0.3 is 24.8 Å². The highest BCUT2D eigenvalue weighted by Crippen LogP contribution is 2.17. The van der Waals surface area contributed by atoms with Gasteiger partial charge in [-0.25, -0.2) is 9.69 Å². The standard InChI is InChI=1S/C21H31N3O6/c1-14(28-13-15-9-7-6-8-10-15)18(22)19(25)24(20(26)29-21(2,3)4)12-16-11-17(27-5)23-30-16/h6-10,14,16,18H,11-13,22H2,1-5H3/t14-,16?,18+/m1/s1. The molecule has 0 radical (unpaired) electrons. The summed E-state index contributed by atoms with van der Waals surface area (Å²) < 4.78 is 16.2. The van der Waals surface area contributed by atoms with Crippen LogP contribution in [0.2, 0.25) is 0 Å². The van der Waals surface area contributed by atoms with Gasteiger partial charge in [-0.2, -0.15) is 0 Å². The summed E-state index contributed by atoms with van der Waals surface area (Å²) in [6.07, 6.45) is -1.63. The van der Waals surface area contributed by atoms with Gasteiger partial charge in [-0.1, -0.05) is 35.5 Å². The van der Waals surface area contributed by atoms with Crippen LogP contribution in [0.5, 0.6) is 0 Å². The molecular formula is C21H31N3O6. The van der Waals surface area contributed by atoms with E-state index in [0.717, 1.165) is 10.5 Å². The third-order valence-electron chi connectivity index (χ3n) is 4.35. The zero-order valence-electron chi connectivity index (χ0n) is 18.2. The summed E-state index contributed by atoms with van der Waals surface area (Å²) in [7, 11) is 1.48. The van der Waals surface area contributed by atoms with Crippen molar-refractivity contribution in [1.29, 1.82) is 0 Å². The van der Waals surface area contributed by atoms with Gasteiger partial charge >= 0.3 is 6.09 Å². The van der Waals surface area contributed by atoms with E-state index >= 15 is 0 Å². The molecule has 1 aliphatic rings. The molecule has 0 aliphatic carbocycles. The first-order valence-electron chi connectivity index (χ1n) is 9.83. The summed E-state index contributed by atoms with van der Waals surface area (Å²) in [6, 6.07) is 8.47. The van der Waals surface area contributed by atoms with Gasteiger partial charge in [-0.15, -0.1) is 0 Å². The monoisotopic (exact) mass is 421 g/mol. The fourth-order valence-corrected chi connectivity index (χ4v) is 2.68. The molecule has 9 nitrogen and oxygen atoms in total. The Balaban J connectivity index is 2.04. The van der Waals surface area contributed by atoms with E-state index in [0.29, 0.717) is 18.9 Å². The molecule has 2 N–H and O–H groups in total. The summed E-state index contributed by atoms with van der Waals surface area (Å²) in [5, 5.41) is 3.77. The highest BCUT2D eigenvalue weighted by atomic mass is 16.7. The zero-order chi connectivity index (χ0) is 22.3. The lowest BCUT2D eigenvalue weighted by Crippen LogP contribution is -2.54. The summed E-state index contributed by atoms with van der Waals surface area (Å²) in [4.78, 5) is 32.0. The van der Waals surface area contributed by atoms with E-state index in [1.54, 1.807) is 27.7 Å². The predicted octanol–water partition coefficient (Wildman–Crippen LogP) is 2.43. The van der Waals surface area contributed by atoms with Crippen molar-refractivity contribution in [3.63, 3.8) is 0 Å². The van der Waals surface area contributed by atoms with Gasteiger partial charge in [-0.05, 0) is 33.3 Å². The summed E-state index contributed by atoms with van der Waals surface area (Å²) >= 11 is 0. The molecule has 0 spiro atoms. The van der Waals surface area contributed by atoms with Crippen molar-refractivity contribution < 1.29 is 28.6 Å². The first-order chi connectivity index (χ1) is 14.1. The van der Waals surface area contributed by atoms with Gasteiger partial charge in [0, 0.05) is 0 Å². The quantitative estimate of drug-likeness (QED) is 0.719. The lowest BCUT2D eigenvalue weighted by molar-refractivity contribution is -0.137. The number of amides is 2. The van der Waals surface area contributed by atoms with E-state index < -0.39 is 35.9 Å². The minimum Gasteiger partial charge on any atom is -0.482 e. The Morgan fingerprint density at radius 3 is 2.53 bits per heavy atom. The molecule has 1 aromatic rings. The fraction of sp³-hybridized carbons (Fsp3) is 0.571. The molecule has 1 heterocycles. The number of hydrogen-bond acceptors (Lipinski definition) is 8. The third kappa shape index (κ3) is 7.00. The molecule has 2 rings (SSSR count). The molecule has 1 aromatic carbocycles. The number of methoxy groups -OCH3 is 1. The number of carbonyl (C=O) groups is 2. The van der Waals surface area contributed by atoms with Crippen LogP contribution in [0, 0.1) is 0 Å². The molecule has 2 amide bonds. The Bertz CT molecular complexity index is 747. The second-order valence-electron chi connectivity index (χ2n) is 8.08. The van der Waals surface area contributed by atoms with E-state index in [4.69, 9.17) is 24.8 Å². The van der Waals surface area contributed by atoms with Crippen LogP contribution >= 0.6 is 0 Å². The molecule has 30 heavy (non-hydrogen) atoms. The largest absolute Gasteiger partial charge is 0.482 e. The van der Waals surface area contributed by atoms with Crippen molar-refractivity contribution >= 4 is 17.9 Å². The summed E-state index contributed by atoms with van der Waals surface area (Å²) in [6.45, 7) is 7.08. The number of benzene rings is 1. The Morgan fingerprint density at radius 2 is 1.97 bits per heavy atom. The van der Waals surface area contributed by atoms with Crippen molar-refractivity contribution in [2.75, 3.05) is 13.7 Å². The first-order valence-corrected chi connectivity index (χ1v) is 9.83. The van der Waals surface area contributed by atoms with E-state index in [1.807, 2.05) is 30.3 Å². The van der Waals surface area contributed by atoms with Gasteiger partial charge in [0.2, 0.25) is 5.90 Å². The van der Waals surface area contributed by atoms with Crippen molar-refractivity contribution in [3.05, 3.63) is 35.9 Å². The van der Waals surface area contributed by atoms with Crippen LogP contribution in [0.4, 0.5) is 4.79 Å². The third-order valence-corrected chi connectivity index (χ3v) is 4.35. The molecule has 1 aliphatic heterocycles. The minimum atomic E-state index is -1.06. The number of hydrogen-bond donors (Lipinski definition) is 1. The van der Waals surface area contributed by atoms with Gasteiger partial charge in [0.1, 0.15) is 11.6 Å². The summed E-state index contributed by atoms with van der Waals surface area (Å²) in [5.41, 5.74) is 6.31. The van der Waals surface area contributed by atoms with Crippen molar-refractivity contribution in [1.82, 2.24) is 4.90 Å². The van der Waals surface area contributed by atoms with Gasteiger partial charge in [0.15, 0.2) is 6.10 Å². The number of imide groups is 1. The normalized spacial score (nSPS) is 18.1. The van der Waals surface area contributed by atoms with Crippen LogP contribution in [0.25, 0.3) is 0 Å². The lowest BCUT2D eigenvalue weighted by Gasteiger charge is -2.30. The molecule has 0 saturated heterocycles. The number of ether oxygens (including phenoxy) is 3. The van der Waals surface area contributed by atoms with E-state index in [1.165, 1.54) is 7.11 Å². The van der Waals surface area contributed by atoms with Crippen molar-refractivity contribution in [3.8, 4) is 0 Å². The SMILES string of the molecule is COC1=NOC(CN(C(=O)OC(C)(C)C)C(=O)[C@@H](N)[C@@H](C)OCc2ccccc2)C1. The highest BCUT2D eigenvalue weighted by molar-refractivity contribution is 5.95. The average molecular weight is 421 g/mol. The molecular weight excluding hydrogens is 390 g/mol. The Morgan fingerprint density at radius 1 is 1.30 bits per heavy atom. The molecule has 0 bridgehead atoms. The van der Waals surface area contributed by atoms with Gasteiger partial charge in [0.25, 0.3) is 5.91 Å². The van der Waals surface area contributed by atoms with E-state index in [2.05, 4.69) is 5.16 Å². The van der Waals surface area contributed by atoms with Crippen LogP contribution in [0.1, 0.15) is 39.7 Å². The van der Waals surface area contributed by atoms with Crippen LogP contribution < -0.4 is 5.73 Å². The molecule has 9 heteroatoms. The topological polar surface area (TPSA) is 113 Å². The first kappa shape index (κ1) is 23.6. The number of nitrogens with zero attached hydrogens (tertiary/aromatic N) is 2. The smallest absolute Gasteiger partial charge is 0.417 e. The van der Waals surface area contributed by atoms with Crippen LogP contribution in [-0.4, -0.2) is 60.3 Å². The molecule has 0 saturated carbocycles. The zero-order valence-corrected chi connectivity index (χ0v) is 18.2. The van der Waals surface area contributed by atoms with E-state index in [-0.39, 0.29) is 6.54 Å². The Hall–Kier alpha value is -2.65. The molecule has 1 unspecified atom stereocenters. The second kappa shape index (κ2) is 10.4. The second-order valence-corrected chi connectivity index (χ2v) is 8.08.